The van der Waals surface area contributed by atoms with Crippen LogP contribution in [0.5, 0.6) is 11.5 Å². The van der Waals surface area contributed by atoms with Gasteiger partial charge in [0, 0.05) is 16.8 Å². The molecule has 1 heterocycles. The van der Waals surface area contributed by atoms with E-state index in [-0.39, 0.29) is 22.5 Å². The van der Waals surface area contributed by atoms with E-state index in [0.29, 0.717) is 6.54 Å². The fourth-order valence-corrected chi connectivity index (χ4v) is 2.75. The first-order chi connectivity index (χ1) is 9.42. The molecule has 106 valence electrons. The molecule has 0 aliphatic heterocycles. The Balaban J connectivity index is 2.10. The number of phenols is 2. The third-order valence-corrected chi connectivity index (χ3v) is 4.36. The molecule has 0 bridgehead atoms. The Bertz CT molecular complexity index is 585. The molecule has 1 aromatic heterocycles. The van der Waals surface area contributed by atoms with Crippen molar-refractivity contribution in [3.05, 3.63) is 46.2 Å². The lowest BCUT2D eigenvalue weighted by atomic mass is 9.91. The minimum atomic E-state index is -0.481. The summed E-state index contributed by atoms with van der Waals surface area (Å²) in [5.74, 6) is -0.932. The summed E-state index contributed by atoms with van der Waals surface area (Å²) in [6.45, 7) is 4.48. The van der Waals surface area contributed by atoms with Gasteiger partial charge in [-0.2, -0.15) is 0 Å². The van der Waals surface area contributed by atoms with Crippen LogP contribution in [0.2, 0.25) is 0 Å². The highest BCUT2D eigenvalue weighted by Gasteiger charge is 2.24. The lowest BCUT2D eigenvalue weighted by molar-refractivity contribution is 0.0940. The van der Waals surface area contributed by atoms with Crippen LogP contribution < -0.4 is 5.32 Å². The van der Waals surface area contributed by atoms with E-state index < -0.39 is 5.91 Å². The molecule has 20 heavy (non-hydrogen) atoms. The molecular formula is C15H17NO3S. The lowest BCUT2D eigenvalue weighted by Gasteiger charge is -2.23. The summed E-state index contributed by atoms with van der Waals surface area (Å²) in [6.07, 6.45) is 0. The van der Waals surface area contributed by atoms with Crippen molar-refractivity contribution in [2.24, 2.45) is 0 Å². The molecule has 3 N–H and O–H groups in total. The van der Waals surface area contributed by atoms with Crippen LogP contribution in [0.4, 0.5) is 0 Å². The Kier molecular flexibility index (Phi) is 3.99. The zero-order valence-corrected chi connectivity index (χ0v) is 12.2. The second kappa shape index (κ2) is 5.54. The highest BCUT2D eigenvalue weighted by atomic mass is 32.1. The van der Waals surface area contributed by atoms with Gasteiger partial charge in [0.05, 0.1) is 0 Å². The Morgan fingerprint density at radius 1 is 1.20 bits per heavy atom. The fraction of sp³-hybridized carbons (Fsp3) is 0.267. The van der Waals surface area contributed by atoms with Crippen LogP contribution in [0, 0.1) is 0 Å². The molecule has 0 atom stereocenters. The van der Waals surface area contributed by atoms with Gasteiger partial charge in [-0.15, -0.1) is 11.3 Å². The van der Waals surface area contributed by atoms with E-state index in [1.807, 2.05) is 31.4 Å². The number of carbonyl (C=O) groups is 1. The van der Waals surface area contributed by atoms with Gasteiger partial charge in [0.15, 0.2) is 0 Å². The molecule has 2 aromatic rings. The van der Waals surface area contributed by atoms with E-state index in [1.165, 1.54) is 23.1 Å². The molecule has 2 rings (SSSR count). The highest BCUT2D eigenvalue weighted by molar-refractivity contribution is 7.10. The first-order valence-electron chi connectivity index (χ1n) is 6.25. The normalized spacial score (nSPS) is 11.3. The van der Waals surface area contributed by atoms with Gasteiger partial charge < -0.3 is 15.5 Å². The maximum absolute atomic E-state index is 12.1. The molecule has 5 heteroatoms. The second-order valence-corrected chi connectivity index (χ2v) is 6.16. The van der Waals surface area contributed by atoms with Crippen molar-refractivity contribution in [1.82, 2.24) is 5.32 Å². The summed E-state index contributed by atoms with van der Waals surface area (Å²) in [7, 11) is 0. The molecule has 1 aromatic carbocycles. The average Bonchev–Trinajstić information content (AvgIpc) is 2.91. The molecular weight excluding hydrogens is 274 g/mol. The van der Waals surface area contributed by atoms with Crippen LogP contribution in [0.15, 0.2) is 35.7 Å². The number of hydrogen-bond acceptors (Lipinski definition) is 4. The first-order valence-corrected chi connectivity index (χ1v) is 7.13. The smallest absolute Gasteiger partial charge is 0.258 e. The molecule has 0 aliphatic rings. The number of thiophene rings is 1. The van der Waals surface area contributed by atoms with Crippen molar-refractivity contribution < 1.29 is 15.0 Å². The van der Waals surface area contributed by atoms with Gasteiger partial charge in [-0.05, 0) is 23.6 Å². The van der Waals surface area contributed by atoms with Gasteiger partial charge in [0.2, 0.25) is 0 Å². The molecule has 0 saturated heterocycles. The SMILES string of the molecule is CC(C)(CNC(=O)c1c(O)cccc1O)c1cccs1. The minimum Gasteiger partial charge on any atom is -0.507 e. The van der Waals surface area contributed by atoms with E-state index in [1.54, 1.807) is 11.3 Å². The number of rotatable bonds is 4. The maximum Gasteiger partial charge on any atom is 0.258 e. The molecule has 4 nitrogen and oxygen atoms in total. The summed E-state index contributed by atoms with van der Waals surface area (Å²) >= 11 is 1.63. The number of carbonyl (C=O) groups excluding carboxylic acids is 1. The summed E-state index contributed by atoms with van der Waals surface area (Å²) in [4.78, 5) is 13.2. The molecule has 0 fully saturated rings. The number of benzene rings is 1. The monoisotopic (exact) mass is 291 g/mol. The Hall–Kier alpha value is -2.01. The van der Waals surface area contributed by atoms with Gasteiger partial charge >= 0.3 is 0 Å². The van der Waals surface area contributed by atoms with Crippen molar-refractivity contribution in [1.29, 1.82) is 0 Å². The summed E-state index contributed by atoms with van der Waals surface area (Å²) in [5.41, 5.74) is -0.293. The average molecular weight is 291 g/mol. The molecule has 1 amide bonds. The van der Waals surface area contributed by atoms with E-state index in [2.05, 4.69) is 5.32 Å². The van der Waals surface area contributed by atoms with Gasteiger partial charge in [0.1, 0.15) is 17.1 Å². The molecule has 0 spiro atoms. The molecule has 0 unspecified atom stereocenters. The van der Waals surface area contributed by atoms with Gasteiger partial charge in [0.25, 0.3) is 5.91 Å². The lowest BCUT2D eigenvalue weighted by Crippen LogP contribution is -2.36. The van der Waals surface area contributed by atoms with Crippen molar-refractivity contribution in [2.75, 3.05) is 6.54 Å². The third-order valence-electron chi connectivity index (χ3n) is 3.13. The van der Waals surface area contributed by atoms with Crippen molar-refractivity contribution in [3.63, 3.8) is 0 Å². The number of aromatic hydroxyl groups is 2. The van der Waals surface area contributed by atoms with Crippen LogP contribution in [-0.2, 0) is 5.41 Å². The third kappa shape index (κ3) is 2.93. The largest absolute Gasteiger partial charge is 0.507 e. The first kappa shape index (κ1) is 14.4. The Morgan fingerprint density at radius 2 is 1.85 bits per heavy atom. The Labute approximate surface area is 121 Å². The summed E-state index contributed by atoms with van der Waals surface area (Å²) in [5, 5.41) is 24.1. The van der Waals surface area contributed by atoms with Crippen LogP contribution >= 0.6 is 11.3 Å². The van der Waals surface area contributed by atoms with Crippen LogP contribution in [0.1, 0.15) is 29.1 Å². The second-order valence-electron chi connectivity index (χ2n) is 5.22. The van der Waals surface area contributed by atoms with Crippen LogP contribution in [0.25, 0.3) is 0 Å². The van der Waals surface area contributed by atoms with Crippen molar-refractivity contribution >= 4 is 17.2 Å². The quantitative estimate of drug-likeness (QED) is 0.811. The van der Waals surface area contributed by atoms with E-state index in [4.69, 9.17) is 0 Å². The maximum atomic E-state index is 12.1. The number of phenolic OH excluding ortho intramolecular Hbond substituents is 2. The molecule has 0 aliphatic carbocycles. The molecule has 0 radical (unpaired) electrons. The topological polar surface area (TPSA) is 69.6 Å². The number of amides is 1. The van der Waals surface area contributed by atoms with E-state index in [0.717, 1.165) is 0 Å². The minimum absolute atomic E-state index is 0.0884. The van der Waals surface area contributed by atoms with Crippen LogP contribution in [-0.4, -0.2) is 22.7 Å². The predicted octanol–water partition coefficient (Wildman–Crippen LogP) is 2.87. The standard InChI is InChI=1S/C15H17NO3S/c1-15(2,12-7-4-8-20-12)9-16-14(19)13-10(17)5-3-6-11(13)18/h3-8,17-18H,9H2,1-2H3,(H,16,19). The van der Waals surface area contributed by atoms with Gasteiger partial charge in [-0.1, -0.05) is 26.0 Å². The Morgan fingerprint density at radius 3 is 2.40 bits per heavy atom. The van der Waals surface area contributed by atoms with Crippen molar-refractivity contribution in [2.45, 2.75) is 19.3 Å². The zero-order chi connectivity index (χ0) is 14.8. The zero-order valence-electron chi connectivity index (χ0n) is 11.4. The summed E-state index contributed by atoms with van der Waals surface area (Å²) < 4.78 is 0. The predicted molar refractivity (Wildman–Crippen MR) is 79.4 cm³/mol. The fourth-order valence-electron chi connectivity index (χ4n) is 1.90. The van der Waals surface area contributed by atoms with Gasteiger partial charge in [-0.3, -0.25) is 4.79 Å². The summed E-state index contributed by atoms with van der Waals surface area (Å²) in [6, 6.07) is 8.22. The van der Waals surface area contributed by atoms with Crippen LogP contribution in [0.3, 0.4) is 0 Å². The van der Waals surface area contributed by atoms with E-state index >= 15 is 0 Å². The number of hydrogen-bond donors (Lipinski definition) is 3. The van der Waals surface area contributed by atoms with Crippen molar-refractivity contribution in [3.8, 4) is 11.5 Å². The van der Waals surface area contributed by atoms with E-state index in [9.17, 15) is 15.0 Å². The highest BCUT2D eigenvalue weighted by Crippen LogP contribution is 2.28. The number of nitrogens with one attached hydrogen (secondary N) is 1. The van der Waals surface area contributed by atoms with Gasteiger partial charge in [-0.25, -0.2) is 0 Å². The molecule has 0 saturated carbocycles.